The van der Waals surface area contributed by atoms with E-state index in [9.17, 15) is 4.39 Å². The van der Waals surface area contributed by atoms with Gasteiger partial charge >= 0.3 is 0 Å². The summed E-state index contributed by atoms with van der Waals surface area (Å²) in [5, 5.41) is 1.42. The maximum atomic E-state index is 13.0. The standard InChI is InChI=1S/C20H13Cl3FNO/c21-15-4-3-14(18(22)9-15)12-26-17-6-1-13(2-7-17)11-25-20-8-5-16(24)10-19(20)23/h1-11H,12H2. The summed E-state index contributed by atoms with van der Waals surface area (Å²) in [6.07, 6.45) is 1.65. The van der Waals surface area contributed by atoms with Gasteiger partial charge in [-0.15, -0.1) is 0 Å². The highest BCUT2D eigenvalue weighted by Gasteiger charge is 2.03. The van der Waals surface area contributed by atoms with Gasteiger partial charge in [0.1, 0.15) is 18.2 Å². The van der Waals surface area contributed by atoms with Crippen molar-refractivity contribution in [1.29, 1.82) is 0 Å². The van der Waals surface area contributed by atoms with Gasteiger partial charge in [-0.1, -0.05) is 40.9 Å². The fraction of sp³-hybridized carbons (Fsp3) is 0.0500. The van der Waals surface area contributed by atoms with Gasteiger partial charge < -0.3 is 4.74 Å². The van der Waals surface area contributed by atoms with Crippen molar-refractivity contribution in [3.8, 4) is 5.75 Å². The quantitative estimate of drug-likeness (QED) is 0.412. The Kier molecular flexibility index (Phi) is 6.15. The first-order valence-electron chi connectivity index (χ1n) is 7.67. The monoisotopic (exact) mass is 407 g/mol. The first-order chi connectivity index (χ1) is 12.5. The van der Waals surface area contributed by atoms with Gasteiger partial charge in [-0.3, -0.25) is 4.99 Å². The van der Waals surface area contributed by atoms with Gasteiger partial charge in [-0.05, 0) is 60.2 Å². The van der Waals surface area contributed by atoms with Crippen LogP contribution in [0.4, 0.5) is 10.1 Å². The van der Waals surface area contributed by atoms with Crippen LogP contribution in [0.5, 0.6) is 5.75 Å². The molecule has 132 valence electrons. The lowest BCUT2D eigenvalue weighted by Crippen LogP contribution is -1.96. The van der Waals surface area contributed by atoms with E-state index in [0.717, 1.165) is 11.1 Å². The zero-order chi connectivity index (χ0) is 18.5. The van der Waals surface area contributed by atoms with E-state index in [2.05, 4.69) is 4.99 Å². The second-order valence-corrected chi connectivity index (χ2v) is 6.70. The topological polar surface area (TPSA) is 21.6 Å². The normalized spacial score (nSPS) is 11.1. The highest BCUT2D eigenvalue weighted by molar-refractivity contribution is 6.35. The molecule has 0 spiro atoms. The van der Waals surface area contributed by atoms with Crippen molar-refractivity contribution in [2.75, 3.05) is 0 Å². The van der Waals surface area contributed by atoms with Gasteiger partial charge in [-0.2, -0.15) is 0 Å². The number of rotatable bonds is 5. The fourth-order valence-electron chi connectivity index (χ4n) is 2.18. The highest BCUT2D eigenvalue weighted by atomic mass is 35.5. The van der Waals surface area contributed by atoms with Crippen LogP contribution in [-0.2, 0) is 6.61 Å². The van der Waals surface area contributed by atoms with Gasteiger partial charge in [0.15, 0.2) is 0 Å². The van der Waals surface area contributed by atoms with Gasteiger partial charge in [0.05, 0.1) is 10.7 Å². The first-order valence-corrected chi connectivity index (χ1v) is 8.80. The van der Waals surface area contributed by atoms with Crippen molar-refractivity contribution in [2.24, 2.45) is 4.99 Å². The minimum atomic E-state index is -0.392. The average molecular weight is 409 g/mol. The minimum absolute atomic E-state index is 0.265. The maximum Gasteiger partial charge on any atom is 0.124 e. The molecule has 0 fully saturated rings. The molecule has 0 heterocycles. The van der Waals surface area contributed by atoms with Crippen molar-refractivity contribution >= 4 is 46.7 Å². The van der Waals surface area contributed by atoms with E-state index in [0.29, 0.717) is 28.1 Å². The maximum absolute atomic E-state index is 13.0. The van der Waals surface area contributed by atoms with Crippen molar-refractivity contribution < 1.29 is 9.13 Å². The Morgan fingerprint density at radius 3 is 2.35 bits per heavy atom. The predicted octanol–water partition coefficient (Wildman–Crippen LogP) is 7.12. The lowest BCUT2D eigenvalue weighted by molar-refractivity contribution is 0.306. The fourth-order valence-corrected chi connectivity index (χ4v) is 2.86. The van der Waals surface area contributed by atoms with Gasteiger partial charge in [0.2, 0.25) is 0 Å². The summed E-state index contributed by atoms with van der Waals surface area (Å²) in [7, 11) is 0. The number of ether oxygens (including phenoxy) is 1. The van der Waals surface area contributed by atoms with Crippen molar-refractivity contribution in [2.45, 2.75) is 6.61 Å². The molecule has 2 nitrogen and oxygen atoms in total. The molecule has 3 aromatic carbocycles. The van der Waals surface area contributed by atoms with Crippen LogP contribution < -0.4 is 4.74 Å². The Labute approximate surface area is 165 Å². The third-order valence-corrected chi connectivity index (χ3v) is 4.44. The smallest absolute Gasteiger partial charge is 0.124 e. The van der Waals surface area contributed by atoms with E-state index in [1.54, 1.807) is 18.3 Å². The van der Waals surface area contributed by atoms with Crippen molar-refractivity contribution in [3.05, 3.63) is 92.7 Å². The molecule has 0 atom stereocenters. The molecular weight excluding hydrogens is 396 g/mol. The number of benzene rings is 3. The van der Waals surface area contributed by atoms with Crippen LogP contribution in [0.3, 0.4) is 0 Å². The molecule has 0 aliphatic rings. The summed E-state index contributed by atoms with van der Waals surface area (Å²) in [4.78, 5) is 4.27. The van der Waals surface area contributed by atoms with Crippen LogP contribution in [0.25, 0.3) is 0 Å². The van der Waals surface area contributed by atoms with Gasteiger partial charge in [-0.25, -0.2) is 4.39 Å². The van der Waals surface area contributed by atoms with E-state index in [1.807, 2.05) is 30.3 Å². The van der Waals surface area contributed by atoms with Gasteiger partial charge in [0, 0.05) is 21.8 Å². The molecule has 0 saturated carbocycles. The lowest BCUT2D eigenvalue weighted by Gasteiger charge is -2.08. The summed E-state index contributed by atoms with van der Waals surface area (Å²) in [5.41, 5.74) is 2.22. The Hall–Kier alpha value is -2.07. The van der Waals surface area contributed by atoms with E-state index in [1.165, 1.54) is 18.2 Å². The third kappa shape index (κ3) is 4.98. The summed E-state index contributed by atoms with van der Waals surface area (Å²) in [5.74, 6) is 0.309. The Morgan fingerprint density at radius 2 is 1.65 bits per heavy atom. The first kappa shape index (κ1) is 18.7. The second-order valence-electron chi connectivity index (χ2n) is 5.45. The largest absolute Gasteiger partial charge is 0.489 e. The van der Waals surface area contributed by atoms with E-state index < -0.39 is 5.82 Å². The molecule has 0 saturated heterocycles. The zero-order valence-electron chi connectivity index (χ0n) is 13.4. The number of nitrogens with zero attached hydrogens (tertiary/aromatic N) is 1. The molecule has 0 N–H and O–H groups in total. The molecule has 0 aliphatic heterocycles. The summed E-state index contributed by atoms with van der Waals surface area (Å²) < 4.78 is 18.8. The molecule has 0 amide bonds. The number of hydrogen-bond donors (Lipinski definition) is 0. The lowest BCUT2D eigenvalue weighted by atomic mass is 10.2. The molecule has 0 aromatic heterocycles. The molecule has 3 rings (SSSR count). The third-order valence-electron chi connectivity index (χ3n) is 3.55. The number of hydrogen-bond acceptors (Lipinski definition) is 2. The highest BCUT2D eigenvalue weighted by Crippen LogP contribution is 2.26. The van der Waals surface area contributed by atoms with Crippen LogP contribution in [0, 0.1) is 5.82 Å². The molecule has 0 unspecified atom stereocenters. The van der Waals surface area contributed by atoms with Gasteiger partial charge in [0.25, 0.3) is 0 Å². The second kappa shape index (κ2) is 8.54. The molecule has 3 aromatic rings. The summed E-state index contributed by atoms with van der Waals surface area (Å²) in [6, 6.07) is 16.7. The van der Waals surface area contributed by atoms with Crippen LogP contribution in [0.2, 0.25) is 15.1 Å². The van der Waals surface area contributed by atoms with E-state index >= 15 is 0 Å². The predicted molar refractivity (Wildman–Crippen MR) is 106 cm³/mol. The molecule has 0 radical (unpaired) electrons. The molecule has 26 heavy (non-hydrogen) atoms. The zero-order valence-corrected chi connectivity index (χ0v) is 15.7. The van der Waals surface area contributed by atoms with Crippen LogP contribution in [0.15, 0.2) is 65.7 Å². The van der Waals surface area contributed by atoms with Crippen molar-refractivity contribution in [1.82, 2.24) is 0 Å². The van der Waals surface area contributed by atoms with E-state index in [-0.39, 0.29) is 5.02 Å². The number of aliphatic imine (C=N–C) groups is 1. The Balaban J connectivity index is 1.63. The minimum Gasteiger partial charge on any atom is -0.489 e. The van der Waals surface area contributed by atoms with E-state index in [4.69, 9.17) is 39.5 Å². The summed E-state index contributed by atoms with van der Waals surface area (Å²) >= 11 is 18.0. The molecule has 6 heteroatoms. The molecular formula is C20H13Cl3FNO. The average Bonchev–Trinajstić information content (AvgIpc) is 2.61. The molecule has 0 aliphatic carbocycles. The molecule has 0 bridgehead atoms. The van der Waals surface area contributed by atoms with Crippen molar-refractivity contribution in [3.63, 3.8) is 0 Å². The van der Waals surface area contributed by atoms with Crippen LogP contribution >= 0.6 is 34.8 Å². The summed E-state index contributed by atoms with van der Waals surface area (Å²) in [6.45, 7) is 0.342. The van der Waals surface area contributed by atoms with Crippen LogP contribution in [0.1, 0.15) is 11.1 Å². The Morgan fingerprint density at radius 1 is 0.885 bits per heavy atom. The van der Waals surface area contributed by atoms with Crippen LogP contribution in [-0.4, -0.2) is 6.21 Å². The Bertz CT molecular complexity index is 942. The SMILES string of the molecule is Fc1ccc(N=Cc2ccc(OCc3ccc(Cl)cc3Cl)cc2)c(Cl)c1. The number of halogens is 4.